The van der Waals surface area contributed by atoms with E-state index in [9.17, 15) is 14.4 Å². The van der Waals surface area contributed by atoms with E-state index in [2.05, 4.69) is 6.92 Å². The Balaban J connectivity index is 1.68. The smallest absolute Gasteiger partial charge is 0.379 e. The Morgan fingerprint density at radius 3 is 1.12 bits per heavy atom. The van der Waals surface area contributed by atoms with Crippen molar-refractivity contribution >= 4 is 17.7 Å². The highest BCUT2D eigenvalue weighted by molar-refractivity contribution is 6.40. The molecule has 0 unspecified atom stereocenters. The van der Waals surface area contributed by atoms with Crippen molar-refractivity contribution < 1.29 is 57.0 Å². The molecule has 0 aliphatic carbocycles. The lowest BCUT2D eigenvalue weighted by Crippen LogP contribution is -2.20. The maximum Gasteiger partial charge on any atom is 0.379 e. The Morgan fingerprint density at radius 1 is 0.404 bits per heavy atom. The van der Waals surface area contributed by atoms with E-state index in [-0.39, 0.29) is 25.8 Å². The fraction of sp³-hybridized carbons (Fsp3) is 0.775. The van der Waals surface area contributed by atoms with Crippen molar-refractivity contribution in [3.8, 4) is 0 Å². The fourth-order valence-electron chi connectivity index (χ4n) is 4.96. The van der Waals surface area contributed by atoms with Crippen molar-refractivity contribution in [2.75, 3.05) is 106 Å². The Kier molecular flexibility index (Phi) is 35.0. The number of Topliss-reactive ketones (excluding diaryl/α,β-unsaturated/α-hetero) is 1. The zero-order valence-corrected chi connectivity index (χ0v) is 32.0. The van der Waals surface area contributed by atoms with Gasteiger partial charge in [-0.3, -0.25) is 9.59 Å². The minimum atomic E-state index is -0.897. The first-order valence-electron chi connectivity index (χ1n) is 19.6. The van der Waals surface area contributed by atoms with Gasteiger partial charge in [-0.05, 0) is 6.42 Å². The molecule has 0 saturated heterocycles. The number of rotatable bonds is 40. The highest BCUT2D eigenvalue weighted by Gasteiger charge is 2.17. The maximum atomic E-state index is 11.9. The summed E-state index contributed by atoms with van der Waals surface area (Å²) in [5.41, 5.74) is 0.295. The van der Waals surface area contributed by atoms with Crippen LogP contribution in [0.3, 0.4) is 0 Å². The van der Waals surface area contributed by atoms with Crippen molar-refractivity contribution in [2.45, 2.75) is 96.8 Å². The average molecular weight is 741 g/mol. The van der Waals surface area contributed by atoms with Crippen LogP contribution in [0.25, 0.3) is 0 Å². The van der Waals surface area contributed by atoms with E-state index in [0.717, 1.165) is 12.8 Å². The molecule has 0 bridgehead atoms. The SMILES string of the molecule is CCCCCCCCCCCCCCCC(=O)OCCOCCOCCOCCOCCOCCOCCOCCOC(=O)C(=O)c1ccccc1. The van der Waals surface area contributed by atoms with E-state index in [1.165, 1.54) is 70.6 Å². The van der Waals surface area contributed by atoms with Crippen molar-refractivity contribution in [1.29, 1.82) is 0 Å². The van der Waals surface area contributed by atoms with Gasteiger partial charge in [0.05, 0.1) is 92.5 Å². The molecule has 0 heterocycles. The number of unbranched alkanes of at least 4 members (excludes halogenated alkanes) is 12. The van der Waals surface area contributed by atoms with E-state index in [1.54, 1.807) is 30.3 Å². The first-order chi connectivity index (χ1) is 25.6. The number of ether oxygens (including phenoxy) is 9. The van der Waals surface area contributed by atoms with Crippen LogP contribution in [0.15, 0.2) is 30.3 Å². The molecule has 0 radical (unpaired) electrons. The van der Waals surface area contributed by atoms with Crippen LogP contribution in [0, 0.1) is 0 Å². The molecule has 0 atom stereocenters. The third kappa shape index (κ3) is 32.2. The molecule has 0 fully saturated rings. The molecule has 0 saturated carbocycles. The summed E-state index contributed by atoms with van der Waals surface area (Å²) in [6.07, 6.45) is 17.2. The van der Waals surface area contributed by atoms with Gasteiger partial charge in [-0.25, -0.2) is 4.79 Å². The average Bonchev–Trinajstić information content (AvgIpc) is 3.16. The Bertz CT molecular complexity index is 946. The second kappa shape index (κ2) is 38.3. The standard InChI is InChI=1S/C40H68O12/c1-2-3-4-5-6-7-8-9-10-11-12-13-17-20-38(41)51-35-33-49-31-29-47-27-25-45-23-21-44-22-24-46-26-28-48-30-32-50-34-36-52-40(43)39(42)37-18-15-14-16-19-37/h14-16,18-19H,2-13,17,20-36H2,1H3. The maximum absolute atomic E-state index is 11.9. The molecule has 52 heavy (non-hydrogen) atoms. The first kappa shape index (κ1) is 47.6. The van der Waals surface area contributed by atoms with Gasteiger partial charge in [0.15, 0.2) is 0 Å². The molecule has 0 spiro atoms. The molecule has 1 rings (SSSR count). The van der Waals surface area contributed by atoms with Crippen molar-refractivity contribution in [3.05, 3.63) is 35.9 Å². The summed E-state index contributed by atoms with van der Waals surface area (Å²) in [4.78, 5) is 35.5. The van der Waals surface area contributed by atoms with Crippen LogP contribution in [0.4, 0.5) is 0 Å². The third-order valence-corrected chi connectivity index (χ3v) is 7.89. The minimum Gasteiger partial charge on any atom is -0.463 e. The molecule has 1 aromatic carbocycles. The van der Waals surface area contributed by atoms with Crippen LogP contribution >= 0.6 is 0 Å². The largest absolute Gasteiger partial charge is 0.463 e. The number of hydrogen-bond acceptors (Lipinski definition) is 12. The quantitative estimate of drug-likeness (QED) is 0.0313. The van der Waals surface area contributed by atoms with Gasteiger partial charge in [-0.15, -0.1) is 0 Å². The second-order valence-corrected chi connectivity index (χ2v) is 12.3. The first-order valence-corrected chi connectivity index (χ1v) is 19.6. The van der Waals surface area contributed by atoms with Crippen LogP contribution < -0.4 is 0 Å². The van der Waals surface area contributed by atoms with E-state index >= 15 is 0 Å². The lowest BCUT2D eigenvalue weighted by atomic mass is 10.0. The summed E-state index contributed by atoms with van der Waals surface area (Å²) >= 11 is 0. The lowest BCUT2D eigenvalue weighted by molar-refractivity contribution is -0.145. The number of hydrogen-bond donors (Lipinski definition) is 0. The Labute approximate surface area is 312 Å². The van der Waals surface area contributed by atoms with Crippen molar-refractivity contribution in [2.24, 2.45) is 0 Å². The van der Waals surface area contributed by atoms with Gasteiger partial charge in [-0.2, -0.15) is 0 Å². The minimum absolute atomic E-state index is 0.00349. The number of benzene rings is 1. The molecule has 12 nitrogen and oxygen atoms in total. The third-order valence-electron chi connectivity index (χ3n) is 7.89. The second-order valence-electron chi connectivity index (χ2n) is 12.3. The predicted octanol–water partition coefficient (Wildman–Crippen LogP) is 6.55. The van der Waals surface area contributed by atoms with Crippen LogP contribution in [0.5, 0.6) is 0 Å². The summed E-state index contributed by atoms with van der Waals surface area (Å²) < 4.78 is 48.3. The lowest BCUT2D eigenvalue weighted by Gasteiger charge is -2.09. The van der Waals surface area contributed by atoms with Gasteiger partial charge >= 0.3 is 11.9 Å². The van der Waals surface area contributed by atoms with Crippen molar-refractivity contribution in [1.82, 2.24) is 0 Å². The van der Waals surface area contributed by atoms with Crippen LogP contribution in [0.1, 0.15) is 107 Å². The normalized spacial score (nSPS) is 11.2. The van der Waals surface area contributed by atoms with Gasteiger partial charge in [0.2, 0.25) is 0 Å². The van der Waals surface area contributed by atoms with E-state index in [4.69, 9.17) is 42.6 Å². The Hall–Kier alpha value is -2.45. The van der Waals surface area contributed by atoms with Gasteiger partial charge in [-0.1, -0.05) is 114 Å². The summed E-state index contributed by atoms with van der Waals surface area (Å²) in [6.45, 7) is 8.33. The highest BCUT2D eigenvalue weighted by Crippen LogP contribution is 2.13. The molecular weight excluding hydrogens is 672 g/mol. The fourth-order valence-corrected chi connectivity index (χ4v) is 4.96. The van der Waals surface area contributed by atoms with Gasteiger partial charge in [0, 0.05) is 12.0 Å². The molecule has 300 valence electrons. The monoisotopic (exact) mass is 740 g/mol. The van der Waals surface area contributed by atoms with Crippen LogP contribution in [0.2, 0.25) is 0 Å². The number of esters is 2. The predicted molar refractivity (Wildman–Crippen MR) is 199 cm³/mol. The van der Waals surface area contributed by atoms with Crippen LogP contribution in [-0.2, 0) is 52.2 Å². The molecule has 0 aliphatic rings. The molecule has 12 heteroatoms. The number of carbonyl (C=O) groups excluding carboxylic acids is 3. The molecule has 0 aromatic heterocycles. The van der Waals surface area contributed by atoms with Gasteiger partial charge in [0.1, 0.15) is 13.2 Å². The molecule has 0 amide bonds. The van der Waals surface area contributed by atoms with E-state index in [0.29, 0.717) is 97.9 Å². The van der Waals surface area contributed by atoms with Gasteiger partial charge < -0.3 is 42.6 Å². The highest BCUT2D eigenvalue weighted by atomic mass is 16.6. The summed E-state index contributed by atoms with van der Waals surface area (Å²) in [7, 11) is 0. The summed E-state index contributed by atoms with van der Waals surface area (Å²) in [5, 5.41) is 0. The van der Waals surface area contributed by atoms with E-state index in [1.807, 2.05) is 0 Å². The zero-order chi connectivity index (χ0) is 37.4. The molecule has 0 N–H and O–H groups in total. The molecule has 1 aromatic rings. The zero-order valence-electron chi connectivity index (χ0n) is 32.0. The van der Waals surface area contributed by atoms with Crippen LogP contribution in [-0.4, -0.2) is 123 Å². The molecule has 0 aliphatic heterocycles. The van der Waals surface area contributed by atoms with Crippen molar-refractivity contribution in [3.63, 3.8) is 0 Å². The number of ketones is 1. The van der Waals surface area contributed by atoms with E-state index < -0.39 is 11.8 Å². The summed E-state index contributed by atoms with van der Waals surface area (Å²) in [5.74, 6) is -1.71. The molecular formula is C40H68O12. The Morgan fingerprint density at radius 2 is 0.731 bits per heavy atom. The topological polar surface area (TPSA) is 134 Å². The summed E-state index contributed by atoms with van der Waals surface area (Å²) in [6, 6.07) is 8.26. The van der Waals surface area contributed by atoms with Gasteiger partial charge in [0.25, 0.3) is 5.78 Å². The number of carbonyl (C=O) groups is 3.